The maximum Gasteiger partial charge on any atom is 0.416 e. The molecule has 21 heavy (non-hydrogen) atoms. The maximum absolute atomic E-state index is 13.2. The Morgan fingerprint density at radius 1 is 1.24 bits per heavy atom. The van der Waals surface area contributed by atoms with Crippen LogP contribution in [0.2, 0.25) is 0 Å². The molecule has 0 aromatic heterocycles. The highest BCUT2D eigenvalue weighted by atomic mass is 19.4. The van der Waals surface area contributed by atoms with Gasteiger partial charge in [-0.2, -0.15) is 13.2 Å². The third-order valence-corrected chi connectivity index (χ3v) is 3.56. The minimum Gasteiger partial charge on any atom is -0.385 e. The molecule has 0 saturated heterocycles. The lowest BCUT2D eigenvalue weighted by molar-refractivity contribution is -0.138. The van der Waals surface area contributed by atoms with E-state index in [0.717, 1.165) is 12.5 Å². The van der Waals surface area contributed by atoms with Crippen molar-refractivity contribution in [2.45, 2.75) is 38.9 Å². The second kappa shape index (κ2) is 8.39. The van der Waals surface area contributed by atoms with E-state index in [1.54, 1.807) is 19.2 Å². The van der Waals surface area contributed by atoms with Crippen molar-refractivity contribution in [3.8, 4) is 0 Å². The van der Waals surface area contributed by atoms with Crippen molar-refractivity contribution in [3.05, 3.63) is 35.4 Å². The summed E-state index contributed by atoms with van der Waals surface area (Å²) in [6.45, 7) is 5.19. The summed E-state index contributed by atoms with van der Waals surface area (Å²) >= 11 is 0. The molecule has 0 fully saturated rings. The summed E-state index contributed by atoms with van der Waals surface area (Å²) in [6.07, 6.45) is -2.74. The van der Waals surface area contributed by atoms with Crippen molar-refractivity contribution < 1.29 is 17.9 Å². The Labute approximate surface area is 124 Å². The van der Waals surface area contributed by atoms with Crippen LogP contribution in [0.15, 0.2) is 24.3 Å². The smallest absolute Gasteiger partial charge is 0.385 e. The SMILES string of the molecule is CCCNC(c1ccccc1C(F)(F)F)C(C)CCOC. The van der Waals surface area contributed by atoms with E-state index in [9.17, 15) is 13.2 Å². The molecule has 1 aromatic carbocycles. The zero-order chi connectivity index (χ0) is 15.9. The lowest BCUT2D eigenvalue weighted by Gasteiger charge is -2.28. The summed E-state index contributed by atoms with van der Waals surface area (Å²) in [6, 6.07) is 5.49. The number of nitrogens with one attached hydrogen (secondary N) is 1. The Balaban J connectivity index is 3.08. The topological polar surface area (TPSA) is 21.3 Å². The lowest BCUT2D eigenvalue weighted by Crippen LogP contribution is -2.30. The first-order valence-electron chi connectivity index (χ1n) is 7.30. The van der Waals surface area contributed by atoms with E-state index in [0.29, 0.717) is 25.1 Å². The van der Waals surface area contributed by atoms with E-state index < -0.39 is 11.7 Å². The van der Waals surface area contributed by atoms with Gasteiger partial charge in [0, 0.05) is 19.8 Å². The molecule has 0 aliphatic carbocycles. The highest BCUT2D eigenvalue weighted by Gasteiger charge is 2.35. The first kappa shape index (κ1) is 18.0. The van der Waals surface area contributed by atoms with Crippen molar-refractivity contribution in [2.24, 2.45) is 5.92 Å². The molecule has 0 aliphatic heterocycles. The van der Waals surface area contributed by atoms with Gasteiger partial charge in [-0.25, -0.2) is 0 Å². The number of ether oxygens (including phenoxy) is 1. The molecule has 0 bridgehead atoms. The van der Waals surface area contributed by atoms with E-state index >= 15 is 0 Å². The molecule has 0 heterocycles. The molecule has 5 heteroatoms. The number of benzene rings is 1. The number of halogens is 3. The molecule has 1 N–H and O–H groups in total. The fraction of sp³-hybridized carbons (Fsp3) is 0.625. The summed E-state index contributed by atoms with van der Waals surface area (Å²) in [4.78, 5) is 0. The molecule has 0 spiro atoms. The van der Waals surface area contributed by atoms with Crippen molar-refractivity contribution >= 4 is 0 Å². The highest BCUT2D eigenvalue weighted by Crippen LogP contribution is 2.37. The Bertz CT molecular complexity index is 420. The molecule has 1 aromatic rings. The van der Waals surface area contributed by atoms with Crippen LogP contribution in [0.3, 0.4) is 0 Å². The minimum atomic E-state index is -4.33. The number of rotatable bonds is 8. The molecule has 0 radical (unpaired) electrons. The largest absolute Gasteiger partial charge is 0.416 e. The molecular formula is C16H24F3NO. The number of alkyl halides is 3. The zero-order valence-corrected chi connectivity index (χ0v) is 12.8. The third-order valence-electron chi connectivity index (χ3n) is 3.56. The van der Waals surface area contributed by atoms with E-state index in [-0.39, 0.29) is 12.0 Å². The van der Waals surface area contributed by atoms with Crippen LogP contribution in [0.5, 0.6) is 0 Å². The molecule has 120 valence electrons. The predicted octanol–water partition coefficient (Wildman–Crippen LogP) is 4.42. The Hall–Kier alpha value is -1.07. The quantitative estimate of drug-likeness (QED) is 0.767. The van der Waals surface area contributed by atoms with Crippen LogP contribution in [0, 0.1) is 5.92 Å². The molecule has 0 saturated carbocycles. The standard InChI is InChI=1S/C16H24F3NO/c1-4-10-20-15(12(2)9-11-21-3)13-7-5-6-8-14(13)16(17,18)19/h5-8,12,15,20H,4,9-11H2,1-3H3. The average molecular weight is 303 g/mol. The second-order valence-corrected chi connectivity index (χ2v) is 5.28. The minimum absolute atomic E-state index is 0.0556. The third kappa shape index (κ3) is 5.32. The highest BCUT2D eigenvalue weighted by molar-refractivity contribution is 5.32. The number of methoxy groups -OCH3 is 1. The van der Waals surface area contributed by atoms with E-state index in [1.807, 2.05) is 13.8 Å². The Kier molecular flexibility index (Phi) is 7.18. The van der Waals surface area contributed by atoms with Gasteiger partial charge < -0.3 is 10.1 Å². The van der Waals surface area contributed by atoms with Crippen LogP contribution in [0.1, 0.15) is 43.9 Å². The van der Waals surface area contributed by atoms with Crippen LogP contribution in [0.4, 0.5) is 13.2 Å². The molecule has 2 unspecified atom stereocenters. The van der Waals surface area contributed by atoms with Crippen molar-refractivity contribution in [1.82, 2.24) is 5.32 Å². The van der Waals surface area contributed by atoms with Gasteiger partial charge in [-0.15, -0.1) is 0 Å². The van der Waals surface area contributed by atoms with Crippen molar-refractivity contribution in [1.29, 1.82) is 0 Å². The summed E-state index contributed by atoms with van der Waals surface area (Å²) in [5.41, 5.74) is -0.232. The molecule has 2 atom stereocenters. The van der Waals surface area contributed by atoms with Crippen LogP contribution >= 0.6 is 0 Å². The maximum atomic E-state index is 13.2. The zero-order valence-electron chi connectivity index (χ0n) is 12.8. The molecule has 1 rings (SSSR count). The van der Waals surface area contributed by atoms with Gasteiger partial charge >= 0.3 is 6.18 Å². The summed E-state index contributed by atoms with van der Waals surface area (Å²) in [5, 5.41) is 3.25. The van der Waals surface area contributed by atoms with E-state index in [4.69, 9.17) is 4.74 Å². The normalized spacial score (nSPS) is 15.0. The fourth-order valence-corrected chi connectivity index (χ4v) is 2.41. The van der Waals surface area contributed by atoms with Gasteiger partial charge in [0.15, 0.2) is 0 Å². The number of hydrogen-bond donors (Lipinski definition) is 1. The van der Waals surface area contributed by atoms with Crippen LogP contribution in [-0.2, 0) is 10.9 Å². The van der Waals surface area contributed by atoms with Gasteiger partial charge in [-0.3, -0.25) is 0 Å². The van der Waals surface area contributed by atoms with Gasteiger partial charge in [0.05, 0.1) is 5.56 Å². The Morgan fingerprint density at radius 3 is 2.48 bits per heavy atom. The lowest BCUT2D eigenvalue weighted by atomic mass is 9.89. The second-order valence-electron chi connectivity index (χ2n) is 5.28. The first-order chi connectivity index (χ1) is 9.91. The van der Waals surface area contributed by atoms with Crippen molar-refractivity contribution in [3.63, 3.8) is 0 Å². The molecule has 2 nitrogen and oxygen atoms in total. The van der Waals surface area contributed by atoms with E-state index in [2.05, 4.69) is 5.32 Å². The van der Waals surface area contributed by atoms with Crippen LogP contribution in [0.25, 0.3) is 0 Å². The Morgan fingerprint density at radius 2 is 1.90 bits per heavy atom. The van der Waals surface area contributed by atoms with Crippen molar-refractivity contribution in [2.75, 3.05) is 20.3 Å². The average Bonchev–Trinajstić information content (AvgIpc) is 2.45. The van der Waals surface area contributed by atoms with Gasteiger partial charge in [-0.05, 0) is 36.9 Å². The predicted molar refractivity (Wildman–Crippen MR) is 78.1 cm³/mol. The fourth-order valence-electron chi connectivity index (χ4n) is 2.41. The van der Waals surface area contributed by atoms with Crippen LogP contribution in [-0.4, -0.2) is 20.3 Å². The molecular weight excluding hydrogens is 279 g/mol. The monoisotopic (exact) mass is 303 g/mol. The molecule has 0 amide bonds. The summed E-state index contributed by atoms with van der Waals surface area (Å²) < 4.78 is 44.6. The number of hydrogen-bond acceptors (Lipinski definition) is 2. The van der Waals surface area contributed by atoms with Gasteiger partial charge in [0.25, 0.3) is 0 Å². The van der Waals surface area contributed by atoms with E-state index in [1.165, 1.54) is 6.07 Å². The first-order valence-corrected chi connectivity index (χ1v) is 7.30. The van der Waals surface area contributed by atoms with Gasteiger partial charge in [0.2, 0.25) is 0 Å². The van der Waals surface area contributed by atoms with Crippen LogP contribution < -0.4 is 5.32 Å². The summed E-state index contributed by atoms with van der Waals surface area (Å²) in [7, 11) is 1.60. The molecule has 0 aliphatic rings. The van der Waals surface area contributed by atoms with Gasteiger partial charge in [-0.1, -0.05) is 32.0 Å². The summed E-state index contributed by atoms with van der Waals surface area (Å²) in [5.74, 6) is 0.0556. The van der Waals surface area contributed by atoms with Gasteiger partial charge in [0.1, 0.15) is 0 Å².